The largest absolute Gasteiger partial charge is 0.456 e. The highest BCUT2D eigenvalue weighted by molar-refractivity contribution is 7.14. The number of hydrogen-bond donors (Lipinski definition) is 2. The van der Waals surface area contributed by atoms with Crippen molar-refractivity contribution in [3.05, 3.63) is 17.0 Å². The molecular formula is C11H14N2O4S. The molecule has 3 N–H and O–H groups in total. The number of thiophene rings is 1. The van der Waals surface area contributed by atoms with Crippen molar-refractivity contribution < 1.29 is 19.1 Å². The van der Waals surface area contributed by atoms with E-state index in [0.29, 0.717) is 11.4 Å². The zero-order chi connectivity index (χ0) is 13.5. The summed E-state index contributed by atoms with van der Waals surface area (Å²) in [6.07, 6.45) is 0.940. The number of anilines is 1. The van der Waals surface area contributed by atoms with E-state index in [-0.39, 0.29) is 18.6 Å². The van der Waals surface area contributed by atoms with E-state index in [1.807, 2.05) is 6.92 Å². The Hall–Kier alpha value is -1.89. The molecule has 0 aliphatic carbocycles. The van der Waals surface area contributed by atoms with Crippen LogP contribution >= 0.6 is 11.3 Å². The molecule has 2 amide bonds. The van der Waals surface area contributed by atoms with Crippen molar-refractivity contribution in [3.8, 4) is 0 Å². The number of amides is 2. The van der Waals surface area contributed by atoms with Gasteiger partial charge in [-0.3, -0.25) is 14.4 Å². The molecule has 98 valence electrons. The van der Waals surface area contributed by atoms with Gasteiger partial charge >= 0.3 is 5.97 Å². The van der Waals surface area contributed by atoms with Crippen LogP contribution in [0.4, 0.5) is 5.00 Å². The van der Waals surface area contributed by atoms with Gasteiger partial charge in [-0.05, 0) is 17.9 Å². The van der Waals surface area contributed by atoms with Gasteiger partial charge in [0.2, 0.25) is 0 Å². The predicted molar refractivity (Wildman–Crippen MR) is 67.3 cm³/mol. The predicted octanol–water partition coefficient (Wildman–Crippen LogP) is 1.13. The van der Waals surface area contributed by atoms with Gasteiger partial charge in [0.15, 0.2) is 6.61 Å². The van der Waals surface area contributed by atoms with Gasteiger partial charge in [0, 0.05) is 6.42 Å². The van der Waals surface area contributed by atoms with Crippen LogP contribution in [0, 0.1) is 0 Å². The van der Waals surface area contributed by atoms with Crippen LogP contribution in [0.25, 0.3) is 0 Å². The lowest BCUT2D eigenvalue weighted by Crippen LogP contribution is -2.22. The van der Waals surface area contributed by atoms with Crippen LogP contribution in [0.3, 0.4) is 0 Å². The first-order chi connectivity index (χ1) is 8.54. The van der Waals surface area contributed by atoms with Crippen LogP contribution in [-0.4, -0.2) is 24.4 Å². The maximum Gasteiger partial charge on any atom is 0.306 e. The molecule has 1 rings (SSSR count). The molecule has 18 heavy (non-hydrogen) atoms. The fraction of sp³-hybridized carbons (Fsp3) is 0.364. The van der Waals surface area contributed by atoms with Crippen molar-refractivity contribution >= 4 is 34.1 Å². The average Bonchev–Trinajstić information content (AvgIpc) is 2.75. The Labute approximate surface area is 108 Å². The molecule has 0 aliphatic rings. The number of nitrogens with one attached hydrogen (secondary N) is 1. The van der Waals surface area contributed by atoms with E-state index in [2.05, 4.69) is 5.32 Å². The number of hydrogen-bond acceptors (Lipinski definition) is 5. The summed E-state index contributed by atoms with van der Waals surface area (Å²) in [6.45, 7) is 1.47. The maximum absolute atomic E-state index is 11.5. The number of carbonyl (C=O) groups is 3. The second-order valence-corrected chi connectivity index (χ2v) is 4.40. The molecule has 1 heterocycles. The fourth-order valence-electron chi connectivity index (χ4n) is 1.19. The number of ether oxygens (including phenoxy) is 1. The number of carbonyl (C=O) groups excluding carboxylic acids is 3. The van der Waals surface area contributed by atoms with Crippen molar-refractivity contribution in [2.24, 2.45) is 5.73 Å². The van der Waals surface area contributed by atoms with Crippen molar-refractivity contribution in [1.82, 2.24) is 0 Å². The lowest BCUT2D eigenvalue weighted by atomic mass is 10.3. The highest BCUT2D eigenvalue weighted by atomic mass is 32.1. The Kier molecular flexibility index (Phi) is 5.31. The minimum Gasteiger partial charge on any atom is -0.456 e. The number of rotatable bonds is 6. The first-order valence-corrected chi connectivity index (χ1v) is 6.25. The summed E-state index contributed by atoms with van der Waals surface area (Å²) in [5, 5.41) is 4.47. The van der Waals surface area contributed by atoms with E-state index < -0.39 is 17.8 Å². The topological polar surface area (TPSA) is 98.5 Å². The zero-order valence-electron chi connectivity index (χ0n) is 9.89. The van der Waals surface area contributed by atoms with E-state index in [1.165, 1.54) is 17.4 Å². The minimum atomic E-state index is -0.616. The fourth-order valence-corrected chi connectivity index (χ4v) is 1.99. The number of nitrogens with two attached hydrogens (primary N) is 1. The summed E-state index contributed by atoms with van der Waals surface area (Å²) in [6, 6.07) is 1.52. The lowest BCUT2D eigenvalue weighted by Gasteiger charge is -2.05. The summed E-state index contributed by atoms with van der Waals surface area (Å²) >= 11 is 1.18. The van der Waals surface area contributed by atoms with Crippen molar-refractivity contribution in [2.75, 3.05) is 11.9 Å². The third-order valence-electron chi connectivity index (χ3n) is 2.00. The van der Waals surface area contributed by atoms with Gasteiger partial charge in [-0.15, -0.1) is 11.3 Å². The number of primary amides is 1. The third-order valence-corrected chi connectivity index (χ3v) is 2.83. The van der Waals surface area contributed by atoms with Gasteiger partial charge in [-0.25, -0.2) is 0 Å². The Morgan fingerprint density at radius 2 is 2.17 bits per heavy atom. The van der Waals surface area contributed by atoms with Crippen LogP contribution in [-0.2, 0) is 14.3 Å². The SMILES string of the molecule is CCCC(=O)OCC(=O)Nc1sccc1C(N)=O. The van der Waals surface area contributed by atoms with Gasteiger partial charge in [0.1, 0.15) is 5.00 Å². The summed E-state index contributed by atoms with van der Waals surface area (Å²) in [5.74, 6) is -1.53. The lowest BCUT2D eigenvalue weighted by molar-refractivity contribution is -0.147. The van der Waals surface area contributed by atoms with Gasteiger partial charge < -0.3 is 15.8 Å². The van der Waals surface area contributed by atoms with Gasteiger partial charge in [-0.1, -0.05) is 6.92 Å². The number of esters is 1. The van der Waals surface area contributed by atoms with Crippen LogP contribution in [0.15, 0.2) is 11.4 Å². The molecule has 0 atom stereocenters. The highest BCUT2D eigenvalue weighted by Gasteiger charge is 2.13. The van der Waals surface area contributed by atoms with Crippen LogP contribution in [0.1, 0.15) is 30.1 Å². The highest BCUT2D eigenvalue weighted by Crippen LogP contribution is 2.22. The summed E-state index contributed by atoms with van der Waals surface area (Å²) in [4.78, 5) is 33.5. The van der Waals surface area contributed by atoms with Gasteiger partial charge in [-0.2, -0.15) is 0 Å². The molecule has 0 saturated carbocycles. The average molecular weight is 270 g/mol. The Balaban J connectivity index is 2.47. The molecular weight excluding hydrogens is 256 g/mol. The standard InChI is InChI=1S/C11H14N2O4S/c1-2-3-9(15)17-6-8(14)13-11-7(10(12)16)4-5-18-11/h4-5H,2-3,6H2,1H3,(H2,12,16)(H,13,14). The molecule has 0 aromatic carbocycles. The second-order valence-electron chi connectivity index (χ2n) is 3.49. The van der Waals surface area contributed by atoms with E-state index in [9.17, 15) is 14.4 Å². The molecule has 0 unspecified atom stereocenters. The van der Waals surface area contributed by atoms with E-state index in [1.54, 1.807) is 5.38 Å². The van der Waals surface area contributed by atoms with Crippen molar-refractivity contribution in [3.63, 3.8) is 0 Å². The summed E-state index contributed by atoms with van der Waals surface area (Å²) in [7, 11) is 0. The van der Waals surface area contributed by atoms with Crippen molar-refractivity contribution in [2.45, 2.75) is 19.8 Å². The maximum atomic E-state index is 11.5. The third kappa shape index (κ3) is 4.17. The Morgan fingerprint density at radius 1 is 1.44 bits per heavy atom. The van der Waals surface area contributed by atoms with Crippen LogP contribution in [0.2, 0.25) is 0 Å². The monoisotopic (exact) mass is 270 g/mol. The molecule has 0 aliphatic heterocycles. The molecule has 1 aromatic rings. The summed E-state index contributed by atoms with van der Waals surface area (Å²) in [5.41, 5.74) is 5.37. The van der Waals surface area contributed by atoms with Gasteiger partial charge in [0.05, 0.1) is 5.56 Å². The first kappa shape index (κ1) is 14.2. The molecule has 0 saturated heterocycles. The molecule has 0 spiro atoms. The minimum absolute atomic E-state index is 0.244. The molecule has 0 radical (unpaired) electrons. The van der Waals surface area contributed by atoms with Crippen LogP contribution in [0.5, 0.6) is 0 Å². The first-order valence-electron chi connectivity index (χ1n) is 5.37. The van der Waals surface area contributed by atoms with E-state index in [4.69, 9.17) is 10.5 Å². The van der Waals surface area contributed by atoms with Gasteiger partial charge in [0.25, 0.3) is 11.8 Å². The molecule has 0 fully saturated rings. The summed E-state index contributed by atoms with van der Waals surface area (Å²) < 4.78 is 4.73. The quantitative estimate of drug-likeness (QED) is 0.757. The van der Waals surface area contributed by atoms with E-state index in [0.717, 1.165) is 0 Å². The second kappa shape index (κ2) is 6.75. The molecule has 0 bridgehead atoms. The smallest absolute Gasteiger partial charge is 0.306 e. The Bertz CT molecular complexity index is 456. The molecule has 1 aromatic heterocycles. The normalized spacial score (nSPS) is 9.83. The van der Waals surface area contributed by atoms with Crippen molar-refractivity contribution in [1.29, 1.82) is 0 Å². The Morgan fingerprint density at radius 3 is 2.78 bits per heavy atom. The van der Waals surface area contributed by atoms with E-state index >= 15 is 0 Å². The molecule has 6 nitrogen and oxygen atoms in total. The zero-order valence-corrected chi connectivity index (χ0v) is 10.7. The molecule has 7 heteroatoms. The van der Waals surface area contributed by atoms with Crippen LogP contribution < -0.4 is 11.1 Å².